The van der Waals surface area contributed by atoms with Crippen molar-refractivity contribution in [3.8, 4) is 0 Å². The number of carbonyl (C=O) groups is 1. The molecule has 0 aromatic rings. The maximum Gasteiger partial charge on any atom is 0.344 e. The summed E-state index contributed by atoms with van der Waals surface area (Å²) in [6, 6.07) is 0. The first kappa shape index (κ1) is 20.2. The Hall–Kier alpha value is -1.77. The summed E-state index contributed by atoms with van der Waals surface area (Å²) in [6.45, 7) is 4.00. The summed E-state index contributed by atoms with van der Waals surface area (Å²) in [5.41, 5.74) is 0. The van der Waals surface area contributed by atoms with E-state index in [1.54, 1.807) is 13.0 Å². The molecular weight excluding hydrogens is 276 g/mol. The first-order chi connectivity index (χ1) is 10.7. The molecule has 0 saturated heterocycles. The molecule has 0 aliphatic carbocycles. The quantitative estimate of drug-likeness (QED) is 0.214. The van der Waals surface area contributed by atoms with Gasteiger partial charge in [-0.15, -0.1) is 0 Å². The number of unbranched alkanes of at least 4 members (excludes halogenated alkanes) is 3. The lowest BCUT2D eigenvalue weighted by molar-refractivity contribution is -0.147. The first-order valence-electron chi connectivity index (χ1n) is 8.22. The van der Waals surface area contributed by atoms with Gasteiger partial charge in [-0.1, -0.05) is 63.1 Å². The summed E-state index contributed by atoms with van der Waals surface area (Å²) in [7, 11) is 0. The van der Waals surface area contributed by atoms with Crippen LogP contribution in [0, 0.1) is 0 Å². The molecule has 0 fully saturated rings. The lowest BCUT2D eigenvalue weighted by Crippen LogP contribution is -2.20. The minimum Gasteiger partial charge on any atom is -0.486 e. The zero-order valence-corrected chi connectivity index (χ0v) is 13.9. The Morgan fingerprint density at radius 3 is 2.32 bits per heavy atom. The van der Waals surface area contributed by atoms with E-state index in [1.165, 1.54) is 31.9 Å². The van der Waals surface area contributed by atoms with Crippen molar-refractivity contribution in [3.63, 3.8) is 0 Å². The second-order valence-corrected chi connectivity index (χ2v) is 5.04. The smallest absolute Gasteiger partial charge is 0.344 e. The summed E-state index contributed by atoms with van der Waals surface area (Å²) in [5.74, 6) is -0.929. The Kier molecular flexibility index (Phi) is 14.4. The number of hydrogen-bond acceptors (Lipinski definition) is 2. The topological polar surface area (TPSA) is 46.5 Å². The maximum absolute atomic E-state index is 10.7. The van der Waals surface area contributed by atoms with Crippen LogP contribution in [0.2, 0.25) is 0 Å². The van der Waals surface area contributed by atoms with Crippen LogP contribution in [-0.2, 0) is 9.53 Å². The molecule has 1 atom stereocenters. The lowest BCUT2D eigenvalue weighted by atomic mass is 10.2. The van der Waals surface area contributed by atoms with E-state index >= 15 is 0 Å². The third kappa shape index (κ3) is 13.2. The molecule has 0 aliphatic heterocycles. The van der Waals surface area contributed by atoms with Crippen molar-refractivity contribution >= 4 is 5.97 Å². The average Bonchev–Trinajstić information content (AvgIpc) is 2.51. The molecule has 0 aromatic heterocycles. The molecule has 1 N–H and O–H groups in total. The zero-order chi connectivity index (χ0) is 16.5. The van der Waals surface area contributed by atoms with Crippen molar-refractivity contribution in [2.75, 3.05) is 0 Å². The molecule has 0 bridgehead atoms. The number of ether oxygens (including phenoxy) is 1. The number of hydrogen-bond donors (Lipinski definition) is 1. The molecule has 0 heterocycles. The van der Waals surface area contributed by atoms with Crippen molar-refractivity contribution in [1.29, 1.82) is 0 Å². The van der Waals surface area contributed by atoms with Gasteiger partial charge in [-0.2, -0.15) is 0 Å². The SMILES string of the molecule is CCCCCC=CCC=CCC=CC=COC(CC)C(=O)O. The van der Waals surface area contributed by atoms with E-state index < -0.39 is 12.1 Å². The van der Waals surface area contributed by atoms with E-state index in [0.717, 1.165) is 12.8 Å². The van der Waals surface area contributed by atoms with Gasteiger partial charge in [0.2, 0.25) is 0 Å². The van der Waals surface area contributed by atoms with Crippen molar-refractivity contribution < 1.29 is 14.6 Å². The Balaban J connectivity index is 3.65. The summed E-state index contributed by atoms with van der Waals surface area (Å²) < 4.78 is 5.09. The normalized spacial score (nSPS) is 13.7. The van der Waals surface area contributed by atoms with Gasteiger partial charge in [-0.05, 0) is 38.2 Å². The van der Waals surface area contributed by atoms with Crippen LogP contribution < -0.4 is 0 Å². The predicted octanol–water partition coefficient (Wildman–Crippen LogP) is 5.41. The highest BCUT2D eigenvalue weighted by atomic mass is 16.5. The Morgan fingerprint density at radius 2 is 1.68 bits per heavy atom. The van der Waals surface area contributed by atoms with Gasteiger partial charge in [-0.25, -0.2) is 4.79 Å². The van der Waals surface area contributed by atoms with Gasteiger partial charge in [0, 0.05) is 0 Å². The molecule has 0 spiro atoms. The third-order valence-corrected chi connectivity index (χ3v) is 3.07. The lowest BCUT2D eigenvalue weighted by Gasteiger charge is -2.07. The van der Waals surface area contributed by atoms with Gasteiger partial charge >= 0.3 is 5.97 Å². The van der Waals surface area contributed by atoms with Crippen LogP contribution >= 0.6 is 0 Å². The van der Waals surface area contributed by atoms with E-state index in [1.807, 2.05) is 12.2 Å². The second kappa shape index (κ2) is 15.6. The van der Waals surface area contributed by atoms with Gasteiger partial charge in [0.1, 0.15) is 0 Å². The van der Waals surface area contributed by atoms with Crippen LogP contribution in [0.4, 0.5) is 0 Å². The molecule has 0 radical (unpaired) electrons. The number of carboxylic acid groups (broad SMARTS) is 1. The molecule has 0 aliphatic rings. The van der Waals surface area contributed by atoms with Crippen LogP contribution in [-0.4, -0.2) is 17.2 Å². The van der Waals surface area contributed by atoms with Crippen molar-refractivity contribution in [3.05, 3.63) is 48.8 Å². The van der Waals surface area contributed by atoms with Crippen LogP contribution in [0.15, 0.2) is 48.8 Å². The van der Waals surface area contributed by atoms with E-state index in [4.69, 9.17) is 9.84 Å². The molecule has 0 saturated carbocycles. The van der Waals surface area contributed by atoms with Gasteiger partial charge in [-0.3, -0.25) is 0 Å². The van der Waals surface area contributed by atoms with E-state index in [-0.39, 0.29) is 0 Å². The fraction of sp³-hybridized carbons (Fsp3) is 0.526. The first-order valence-corrected chi connectivity index (χ1v) is 8.22. The summed E-state index contributed by atoms with van der Waals surface area (Å²) in [6.07, 6.45) is 22.3. The number of carboxylic acids is 1. The van der Waals surface area contributed by atoms with Crippen molar-refractivity contribution in [2.45, 2.75) is 64.9 Å². The minimum absolute atomic E-state index is 0.456. The molecule has 0 rings (SSSR count). The minimum atomic E-state index is -0.929. The molecule has 124 valence electrons. The molecule has 0 aromatic carbocycles. The molecule has 1 unspecified atom stereocenters. The average molecular weight is 306 g/mol. The fourth-order valence-corrected chi connectivity index (χ4v) is 1.75. The summed E-state index contributed by atoms with van der Waals surface area (Å²) in [4.78, 5) is 10.7. The summed E-state index contributed by atoms with van der Waals surface area (Å²) >= 11 is 0. The maximum atomic E-state index is 10.7. The Morgan fingerprint density at radius 1 is 1.00 bits per heavy atom. The standard InChI is InChI=1S/C19H30O3/c1-3-5-6-7-8-9-10-11-12-13-14-15-16-17-22-18(4-2)19(20)21/h8-9,11-12,14-18H,3-7,10,13H2,1-2H3,(H,20,21). The monoisotopic (exact) mass is 306 g/mol. The van der Waals surface area contributed by atoms with Gasteiger partial charge in [0.25, 0.3) is 0 Å². The van der Waals surface area contributed by atoms with Gasteiger partial charge in [0.15, 0.2) is 6.10 Å². The summed E-state index contributed by atoms with van der Waals surface area (Å²) in [5, 5.41) is 8.79. The second-order valence-electron chi connectivity index (χ2n) is 5.04. The fourth-order valence-electron chi connectivity index (χ4n) is 1.75. The van der Waals surface area contributed by atoms with Crippen LogP contribution in [0.3, 0.4) is 0 Å². The van der Waals surface area contributed by atoms with Crippen LogP contribution in [0.25, 0.3) is 0 Å². The van der Waals surface area contributed by atoms with Crippen molar-refractivity contribution in [2.24, 2.45) is 0 Å². The number of aliphatic carboxylic acids is 1. The highest BCUT2D eigenvalue weighted by molar-refractivity contribution is 5.72. The highest BCUT2D eigenvalue weighted by Crippen LogP contribution is 2.01. The zero-order valence-electron chi connectivity index (χ0n) is 13.9. The van der Waals surface area contributed by atoms with Gasteiger partial charge in [0.05, 0.1) is 6.26 Å². The molecule has 0 amide bonds. The van der Waals surface area contributed by atoms with E-state index in [0.29, 0.717) is 6.42 Å². The Labute approximate surface area is 135 Å². The number of allylic oxidation sites excluding steroid dienone is 7. The van der Waals surface area contributed by atoms with Crippen LogP contribution in [0.5, 0.6) is 0 Å². The van der Waals surface area contributed by atoms with E-state index in [9.17, 15) is 4.79 Å². The highest BCUT2D eigenvalue weighted by Gasteiger charge is 2.13. The molecular formula is C19H30O3. The van der Waals surface area contributed by atoms with E-state index in [2.05, 4.69) is 31.2 Å². The van der Waals surface area contributed by atoms with Crippen LogP contribution in [0.1, 0.15) is 58.8 Å². The van der Waals surface area contributed by atoms with Crippen molar-refractivity contribution in [1.82, 2.24) is 0 Å². The molecule has 22 heavy (non-hydrogen) atoms. The van der Waals surface area contributed by atoms with Gasteiger partial charge < -0.3 is 9.84 Å². The molecule has 3 nitrogen and oxygen atoms in total. The Bertz CT molecular complexity index is 378. The third-order valence-electron chi connectivity index (χ3n) is 3.07. The number of rotatable bonds is 13. The molecule has 3 heteroatoms. The largest absolute Gasteiger partial charge is 0.486 e. The predicted molar refractivity (Wildman–Crippen MR) is 92.7 cm³/mol.